The first-order valence-corrected chi connectivity index (χ1v) is 10.1. The van der Waals surface area contributed by atoms with E-state index >= 15 is 0 Å². The summed E-state index contributed by atoms with van der Waals surface area (Å²) in [7, 11) is 1.93. The number of hydrogen-bond donors (Lipinski definition) is 0. The number of rotatable bonds is 2. The first-order valence-electron chi connectivity index (χ1n) is 8.94. The standard InChI is InChI=1S/C20H22ClN3OS/c1-12-8-13(2)11-24(10-12)19(25)17-9-16-18(22-23(3)20(16)26-17)14-4-6-15(21)7-5-14/h4-7,9,12-13H,8,10-11H2,1-3H3. The second-order valence-corrected chi connectivity index (χ2v) is 8.93. The molecular formula is C20H22ClN3OS. The van der Waals surface area contributed by atoms with E-state index < -0.39 is 0 Å². The smallest absolute Gasteiger partial charge is 0.264 e. The molecule has 1 amide bonds. The van der Waals surface area contributed by atoms with Crippen molar-refractivity contribution < 1.29 is 4.79 Å². The van der Waals surface area contributed by atoms with Gasteiger partial charge in [0.05, 0.1) is 4.88 Å². The lowest BCUT2D eigenvalue weighted by atomic mass is 9.92. The van der Waals surface area contributed by atoms with E-state index in [0.29, 0.717) is 16.9 Å². The van der Waals surface area contributed by atoms with Crippen molar-refractivity contribution in [2.24, 2.45) is 18.9 Å². The fourth-order valence-electron chi connectivity index (χ4n) is 3.95. The minimum absolute atomic E-state index is 0.145. The third-order valence-corrected chi connectivity index (χ3v) is 6.44. The number of amides is 1. The Hall–Kier alpha value is -1.85. The van der Waals surface area contributed by atoms with Gasteiger partial charge >= 0.3 is 0 Å². The van der Waals surface area contributed by atoms with Gasteiger partial charge in [-0.25, -0.2) is 0 Å². The summed E-state index contributed by atoms with van der Waals surface area (Å²) in [5, 5.41) is 6.38. The summed E-state index contributed by atoms with van der Waals surface area (Å²) >= 11 is 7.53. The zero-order valence-corrected chi connectivity index (χ0v) is 16.8. The molecule has 0 saturated carbocycles. The Balaban J connectivity index is 1.70. The van der Waals surface area contributed by atoms with E-state index in [1.165, 1.54) is 17.8 Å². The number of hydrogen-bond acceptors (Lipinski definition) is 3. The maximum atomic E-state index is 13.1. The van der Waals surface area contributed by atoms with Crippen molar-refractivity contribution in [1.29, 1.82) is 0 Å². The molecule has 6 heteroatoms. The number of aromatic nitrogens is 2. The molecule has 0 radical (unpaired) electrons. The van der Waals surface area contributed by atoms with Crippen LogP contribution in [0.25, 0.3) is 21.5 Å². The van der Waals surface area contributed by atoms with Gasteiger partial charge in [-0.05, 0) is 36.5 Å². The predicted octanol–water partition coefficient (Wildman–Crippen LogP) is 5.07. The molecule has 1 aromatic carbocycles. The van der Waals surface area contributed by atoms with Crippen LogP contribution >= 0.6 is 22.9 Å². The van der Waals surface area contributed by atoms with Crippen LogP contribution in [0.1, 0.15) is 29.9 Å². The highest BCUT2D eigenvalue weighted by molar-refractivity contribution is 7.20. The van der Waals surface area contributed by atoms with Gasteiger partial charge in [-0.2, -0.15) is 5.10 Å². The van der Waals surface area contributed by atoms with Crippen molar-refractivity contribution in [2.45, 2.75) is 20.3 Å². The van der Waals surface area contributed by atoms with Crippen molar-refractivity contribution in [3.05, 3.63) is 40.2 Å². The van der Waals surface area contributed by atoms with Gasteiger partial charge < -0.3 is 4.90 Å². The normalized spacial score (nSPS) is 20.7. The minimum Gasteiger partial charge on any atom is -0.337 e. The highest BCUT2D eigenvalue weighted by Crippen LogP contribution is 2.35. The third kappa shape index (κ3) is 3.14. The second kappa shape index (κ2) is 6.71. The summed E-state index contributed by atoms with van der Waals surface area (Å²) in [6.07, 6.45) is 1.20. The van der Waals surface area contributed by atoms with Gasteiger partial charge in [0.15, 0.2) is 0 Å². The van der Waals surface area contributed by atoms with E-state index in [1.807, 2.05) is 47.0 Å². The summed E-state index contributed by atoms with van der Waals surface area (Å²) in [5.74, 6) is 1.26. The predicted molar refractivity (Wildman–Crippen MR) is 108 cm³/mol. The third-order valence-electron chi connectivity index (χ3n) is 5.00. The minimum atomic E-state index is 0.145. The number of nitrogens with zero attached hydrogens (tertiary/aromatic N) is 3. The lowest BCUT2D eigenvalue weighted by Gasteiger charge is -2.34. The van der Waals surface area contributed by atoms with Crippen molar-refractivity contribution in [1.82, 2.24) is 14.7 Å². The van der Waals surface area contributed by atoms with Crippen LogP contribution in [-0.4, -0.2) is 33.7 Å². The summed E-state index contributed by atoms with van der Waals surface area (Å²) in [6.45, 7) is 6.15. The van der Waals surface area contributed by atoms with Gasteiger partial charge in [0.25, 0.3) is 5.91 Å². The van der Waals surface area contributed by atoms with E-state index in [0.717, 1.165) is 39.4 Å². The molecule has 26 heavy (non-hydrogen) atoms. The van der Waals surface area contributed by atoms with Crippen LogP contribution in [0.5, 0.6) is 0 Å². The molecule has 2 atom stereocenters. The van der Waals surface area contributed by atoms with Gasteiger partial charge in [-0.15, -0.1) is 11.3 Å². The largest absolute Gasteiger partial charge is 0.337 e. The zero-order chi connectivity index (χ0) is 18.4. The molecule has 0 spiro atoms. The molecule has 3 aromatic rings. The first kappa shape index (κ1) is 17.6. The van der Waals surface area contributed by atoms with E-state index in [4.69, 9.17) is 11.6 Å². The number of carbonyl (C=O) groups excluding carboxylic acids is 1. The molecule has 1 aliphatic heterocycles. The summed E-state index contributed by atoms with van der Waals surface area (Å²) < 4.78 is 1.86. The molecule has 0 N–H and O–H groups in total. The molecule has 2 aromatic heterocycles. The molecule has 2 unspecified atom stereocenters. The van der Waals surface area contributed by atoms with E-state index in [-0.39, 0.29) is 5.91 Å². The fourth-order valence-corrected chi connectivity index (χ4v) is 5.12. The highest BCUT2D eigenvalue weighted by atomic mass is 35.5. The Morgan fingerprint density at radius 2 is 1.85 bits per heavy atom. The monoisotopic (exact) mass is 387 g/mol. The van der Waals surface area contributed by atoms with E-state index in [9.17, 15) is 4.79 Å². The molecule has 1 saturated heterocycles. The Bertz CT molecular complexity index is 950. The molecule has 1 aliphatic rings. The maximum Gasteiger partial charge on any atom is 0.264 e. The number of fused-ring (bicyclic) bond motifs is 1. The summed E-state index contributed by atoms with van der Waals surface area (Å²) in [4.78, 5) is 16.9. The zero-order valence-electron chi connectivity index (χ0n) is 15.2. The SMILES string of the molecule is CC1CC(C)CN(C(=O)c2cc3c(-c4ccc(Cl)cc4)nn(C)c3s2)C1. The van der Waals surface area contributed by atoms with Gasteiger partial charge in [-0.3, -0.25) is 9.48 Å². The molecule has 136 valence electrons. The van der Waals surface area contributed by atoms with Crippen LogP contribution < -0.4 is 0 Å². The summed E-state index contributed by atoms with van der Waals surface area (Å²) in [6, 6.07) is 9.68. The number of piperidine rings is 1. The average Bonchev–Trinajstić information content (AvgIpc) is 3.15. The Morgan fingerprint density at radius 3 is 2.50 bits per heavy atom. The Kier molecular flexibility index (Phi) is 4.53. The Morgan fingerprint density at radius 1 is 1.19 bits per heavy atom. The number of thiophene rings is 1. The van der Waals surface area contributed by atoms with Crippen LogP contribution in [0, 0.1) is 11.8 Å². The lowest BCUT2D eigenvalue weighted by Crippen LogP contribution is -2.42. The number of aryl methyl sites for hydroxylation is 1. The molecule has 0 bridgehead atoms. The Labute approximate surface area is 162 Å². The molecule has 4 rings (SSSR count). The molecule has 1 fully saturated rings. The highest BCUT2D eigenvalue weighted by Gasteiger charge is 2.28. The first-order chi connectivity index (χ1) is 12.4. The molecule has 4 nitrogen and oxygen atoms in total. The van der Waals surface area contributed by atoms with Gasteiger partial charge in [-0.1, -0.05) is 37.6 Å². The second-order valence-electron chi connectivity index (χ2n) is 7.46. The van der Waals surface area contributed by atoms with Crippen LogP contribution in [0.2, 0.25) is 5.02 Å². The number of carbonyl (C=O) groups is 1. The van der Waals surface area contributed by atoms with Crippen LogP contribution in [0.4, 0.5) is 0 Å². The average molecular weight is 388 g/mol. The van der Waals surface area contributed by atoms with Crippen molar-refractivity contribution >= 4 is 39.1 Å². The molecular weight excluding hydrogens is 366 g/mol. The number of likely N-dealkylation sites (tertiary alicyclic amines) is 1. The van der Waals surface area contributed by atoms with Gasteiger partial charge in [0, 0.05) is 36.1 Å². The van der Waals surface area contributed by atoms with E-state index in [1.54, 1.807) is 0 Å². The maximum absolute atomic E-state index is 13.1. The molecule has 0 aliphatic carbocycles. The number of benzene rings is 1. The van der Waals surface area contributed by atoms with Gasteiger partial charge in [0.2, 0.25) is 0 Å². The van der Waals surface area contributed by atoms with Crippen molar-refractivity contribution in [3.8, 4) is 11.3 Å². The fraction of sp³-hybridized carbons (Fsp3) is 0.400. The van der Waals surface area contributed by atoms with Crippen LogP contribution in [0.3, 0.4) is 0 Å². The van der Waals surface area contributed by atoms with E-state index in [2.05, 4.69) is 18.9 Å². The van der Waals surface area contributed by atoms with Crippen molar-refractivity contribution in [2.75, 3.05) is 13.1 Å². The van der Waals surface area contributed by atoms with Crippen LogP contribution in [-0.2, 0) is 7.05 Å². The molecule has 3 heterocycles. The quantitative estimate of drug-likeness (QED) is 0.615. The lowest BCUT2D eigenvalue weighted by molar-refractivity contribution is 0.0628. The topological polar surface area (TPSA) is 38.1 Å². The summed E-state index contributed by atoms with van der Waals surface area (Å²) in [5.41, 5.74) is 1.91. The number of halogens is 1. The van der Waals surface area contributed by atoms with Gasteiger partial charge in [0.1, 0.15) is 10.5 Å². The van der Waals surface area contributed by atoms with Crippen LogP contribution in [0.15, 0.2) is 30.3 Å². The van der Waals surface area contributed by atoms with Crippen molar-refractivity contribution in [3.63, 3.8) is 0 Å².